The van der Waals surface area contributed by atoms with Crippen molar-refractivity contribution in [1.82, 2.24) is 15.5 Å². The van der Waals surface area contributed by atoms with Crippen LogP contribution >= 0.6 is 0 Å². The van der Waals surface area contributed by atoms with E-state index in [9.17, 15) is 4.79 Å². The van der Waals surface area contributed by atoms with Crippen LogP contribution in [0.15, 0.2) is 65.2 Å². The van der Waals surface area contributed by atoms with E-state index < -0.39 is 0 Å². The summed E-state index contributed by atoms with van der Waals surface area (Å²) in [6.07, 6.45) is 5.56. The van der Waals surface area contributed by atoms with Gasteiger partial charge in [-0.05, 0) is 56.2 Å². The van der Waals surface area contributed by atoms with Gasteiger partial charge in [0.15, 0.2) is 0 Å². The molecule has 2 aromatic heterocycles. The second kappa shape index (κ2) is 8.14. The Bertz CT molecular complexity index is 1320. The Kier molecular flexibility index (Phi) is 4.97. The number of rotatable bonds is 5. The minimum absolute atomic E-state index is 0.0200. The summed E-state index contributed by atoms with van der Waals surface area (Å²) in [5.41, 5.74) is 6.34. The fourth-order valence-corrected chi connectivity index (χ4v) is 5.23. The molecule has 1 N–H and O–H groups in total. The van der Waals surface area contributed by atoms with Crippen molar-refractivity contribution in [3.05, 3.63) is 83.0 Å². The molecule has 1 saturated carbocycles. The Hall–Kier alpha value is -3.47. The van der Waals surface area contributed by atoms with Crippen LogP contribution in [0.4, 0.5) is 0 Å². The first-order chi connectivity index (χ1) is 16.2. The third-order valence-corrected chi connectivity index (χ3v) is 7.13. The summed E-state index contributed by atoms with van der Waals surface area (Å²) in [7, 11) is 0. The van der Waals surface area contributed by atoms with E-state index in [4.69, 9.17) is 9.51 Å². The van der Waals surface area contributed by atoms with Crippen molar-refractivity contribution in [2.45, 2.75) is 56.9 Å². The maximum atomic E-state index is 13.7. The number of nitrogens with one attached hydrogen (secondary N) is 1. The summed E-state index contributed by atoms with van der Waals surface area (Å²) in [6, 6.07) is 20.5. The second-order valence-corrected chi connectivity index (χ2v) is 9.41. The standard InChI is InChI=1S/C28H27N3O2/c1-17(21-13-7-11-18-8-5-6-12-22(18)21)29-27(32)23-16-24(19-14-15-19)30-28-25(23)26(31-33-28)20-9-3-2-4-10-20/h2-6,8-10,12,16-17,19,21H,7,11,13-15H2,1H3,(H,29,32)/t17-,21?/m0/s1. The molecule has 6 rings (SSSR count). The van der Waals surface area contributed by atoms with Gasteiger partial charge in [-0.25, -0.2) is 4.98 Å². The summed E-state index contributed by atoms with van der Waals surface area (Å²) < 4.78 is 5.64. The zero-order valence-electron chi connectivity index (χ0n) is 18.8. The molecule has 2 atom stereocenters. The van der Waals surface area contributed by atoms with Crippen molar-refractivity contribution in [2.75, 3.05) is 0 Å². The number of aryl methyl sites for hydroxylation is 1. The maximum absolute atomic E-state index is 13.7. The molecular weight excluding hydrogens is 410 g/mol. The van der Waals surface area contributed by atoms with E-state index in [-0.39, 0.29) is 11.9 Å². The average Bonchev–Trinajstić information content (AvgIpc) is 3.62. The van der Waals surface area contributed by atoms with Crippen molar-refractivity contribution in [3.63, 3.8) is 0 Å². The molecule has 5 heteroatoms. The minimum Gasteiger partial charge on any atom is -0.349 e. The topological polar surface area (TPSA) is 68.0 Å². The molecule has 1 amide bonds. The molecule has 166 valence electrons. The van der Waals surface area contributed by atoms with Gasteiger partial charge in [0.1, 0.15) is 5.69 Å². The minimum atomic E-state index is -0.0831. The molecule has 0 spiro atoms. The lowest BCUT2D eigenvalue weighted by atomic mass is 9.79. The first kappa shape index (κ1) is 20.2. The molecule has 1 fully saturated rings. The number of fused-ring (bicyclic) bond motifs is 2. The van der Waals surface area contributed by atoms with E-state index >= 15 is 0 Å². The molecule has 0 saturated heterocycles. The normalized spacial score (nSPS) is 18.6. The van der Waals surface area contributed by atoms with Gasteiger partial charge in [-0.15, -0.1) is 0 Å². The third-order valence-electron chi connectivity index (χ3n) is 7.13. The average molecular weight is 438 g/mol. The fourth-order valence-electron chi connectivity index (χ4n) is 5.23. The highest BCUT2D eigenvalue weighted by Gasteiger charge is 2.31. The summed E-state index contributed by atoms with van der Waals surface area (Å²) >= 11 is 0. The SMILES string of the molecule is C[C@H](NC(=O)c1cc(C2CC2)nc2onc(-c3ccccc3)c12)C1CCCc2ccccc21. The highest BCUT2D eigenvalue weighted by molar-refractivity contribution is 6.09. The molecule has 33 heavy (non-hydrogen) atoms. The van der Waals surface area contributed by atoms with Gasteiger partial charge in [0, 0.05) is 29.1 Å². The lowest BCUT2D eigenvalue weighted by molar-refractivity contribution is 0.0934. The van der Waals surface area contributed by atoms with Crippen LogP contribution in [0.5, 0.6) is 0 Å². The predicted octanol–water partition coefficient (Wildman–Crippen LogP) is 6.01. The lowest BCUT2D eigenvalue weighted by Gasteiger charge is -2.31. The third kappa shape index (κ3) is 3.71. The maximum Gasteiger partial charge on any atom is 0.259 e. The smallest absolute Gasteiger partial charge is 0.259 e. The monoisotopic (exact) mass is 437 g/mol. The molecule has 2 heterocycles. The predicted molar refractivity (Wildman–Crippen MR) is 128 cm³/mol. The molecule has 4 aromatic rings. The van der Waals surface area contributed by atoms with Crippen LogP contribution in [0.2, 0.25) is 0 Å². The summed E-state index contributed by atoms with van der Waals surface area (Å²) in [5, 5.41) is 8.32. The number of hydrogen-bond acceptors (Lipinski definition) is 4. The van der Waals surface area contributed by atoms with Crippen LogP contribution in [-0.2, 0) is 6.42 Å². The molecule has 2 aliphatic carbocycles. The van der Waals surface area contributed by atoms with Gasteiger partial charge in [0.2, 0.25) is 0 Å². The van der Waals surface area contributed by atoms with Gasteiger partial charge in [-0.3, -0.25) is 4.79 Å². The van der Waals surface area contributed by atoms with Crippen molar-refractivity contribution < 1.29 is 9.32 Å². The van der Waals surface area contributed by atoms with Crippen LogP contribution in [0.25, 0.3) is 22.4 Å². The van der Waals surface area contributed by atoms with Gasteiger partial charge in [-0.2, -0.15) is 0 Å². The highest BCUT2D eigenvalue weighted by atomic mass is 16.5. The Morgan fingerprint density at radius 1 is 1.06 bits per heavy atom. The lowest BCUT2D eigenvalue weighted by Crippen LogP contribution is -2.38. The van der Waals surface area contributed by atoms with E-state index in [2.05, 4.69) is 41.7 Å². The molecule has 0 aliphatic heterocycles. The van der Waals surface area contributed by atoms with Crippen molar-refractivity contribution in [1.29, 1.82) is 0 Å². The van der Waals surface area contributed by atoms with Crippen LogP contribution in [0.1, 0.15) is 71.6 Å². The van der Waals surface area contributed by atoms with Crippen molar-refractivity contribution >= 4 is 17.0 Å². The van der Waals surface area contributed by atoms with E-state index in [1.807, 2.05) is 36.4 Å². The first-order valence-corrected chi connectivity index (χ1v) is 11.9. The molecule has 2 aliphatic rings. The summed E-state index contributed by atoms with van der Waals surface area (Å²) in [4.78, 5) is 18.4. The molecule has 0 radical (unpaired) electrons. The number of benzene rings is 2. The number of carbonyl (C=O) groups is 1. The number of aromatic nitrogens is 2. The van der Waals surface area contributed by atoms with Gasteiger partial charge in [0.25, 0.3) is 11.6 Å². The Labute approximate surface area is 193 Å². The quantitative estimate of drug-likeness (QED) is 0.415. The van der Waals surface area contributed by atoms with Gasteiger partial charge in [-0.1, -0.05) is 59.8 Å². The Morgan fingerprint density at radius 3 is 2.67 bits per heavy atom. The molecular formula is C28H27N3O2. The summed E-state index contributed by atoms with van der Waals surface area (Å²) in [5.74, 6) is 0.643. The second-order valence-electron chi connectivity index (χ2n) is 9.41. The van der Waals surface area contributed by atoms with E-state index in [1.165, 1.54) is 11.1 Å². The zero-order chi connectivity index (χ0) is 22.4. The van der Waals surface area contributed by atoms with E-state index in [0.717, 1.165) is 43.4 Å². The van der Waals surface area contributed by atoms with Crippen LogP contribution in [0.3, 0.4) is 0 Å². The molecule has 5 nitrogen and oxygen atoms in total. The Morgan fingerprint density at radius 2 is 1.85 bits per heavy atom. The highest BCUT2D eigenvalue weighted by Crippen LogP contribution is 2.41. The number of nitrogens with zero attached hydrogens (tertiary/aromatic N) is 2. The van der Waals surface area contributed by atoms with E-state index in [1.54, 1.807) is 0 Å². The molecule has 1 unspecified atom stereocenters. The first-order valence-electron chi connectivity index (χ1n) is 11.9. The number of amides is 1. The molecule has 0 bridgehead atoms. The van der Waals surface area contributed by atoms with Crippen molar-refractivity contribution in [2.24, 2.45) is 0 Å². The van der Waals surface area contributed by atoms with Crippen molar-refractivity contribution in [3.8, 4) is 11.3 Å². The Balaban J connectivity index is 1.38. The van der Waals surface area contributed by atoms with E-state index in [0.29, 0.717) is 34.2 Å². The molecule has 2 aromatic carbocycles. The number of hydrogen-bond donors (Lipinski definition) is 1. The van der Waals surface area contributed by atoms with Gasteiger partial charge < -0.3 is 9.84 Å². The number of pyridine rings is 1. The van der Waals surface area contributed by atoms with Gasteiger partial charge >= 0.3 is 0 Å². The van der Waals surface area contributed by atoms with Crippen LogP contribution in [-0.4, -0.2) is 22.1 Å². The fraction of sp³-hybridized carbons (Fsp3) is 0.321. The van der Waals surface area contributed by atoms with Crippen LogP contribution < -0.4 is 5.32 Å². The number of carbonyl (C=O) groups excluding carboxylic acids is 1. The van der Waals surface area contributed by atoms with Crippen LogP contribution in [0, 0.1) is 0 Å². The summed E-state index contributed by atoms with van der Waals surface area (Å²) in [6.45, 7) is 2.12. The van der Waals surface area contributed by atoms with Gasteiger partial charge in [0.05, 0.1) is 10.9 Å². The largest absolute Gasteiger partial charge is 0.349 e. The zero-order valence-corrected chi connectivity index (χ0v) is 18.8.